The normalized spacial score (nSPS) is 10.4. The number of carbonyl (C=O) groups is 1. The lowest BCUT2D eigenvalue weighted by atomic mass is 10.1. The summed E-state index contributed by atoms with van der Waals surface area (Å²) in [5, 5.41) is 6.55. The lowest BCUT2D eigenvalue weighted by Crippen LogP contribution is -2.14. The van der Waals surface area contributed by atoms with Crippen LogP contribution in [0.3, 0.4) is 0 Å². The van der Waals surface area contributed by atoms with Crippen LogP contribution in [0.2, 0.25) is 5.02 Å². The number of halogens is 1. The second-order valence-electron chi connectivity index (χ2n) is 5.67. The first-order valence-corrected chi connectivity index (χ1v) is 8.13. The summed E-state index contributed by atoms with van der Waals surface area (Å²) in [5.41, 5.74) is 4.04. The predicted molar refractivity (Wildman–Crippen MR) is 101 cm³/mol. The van der Waals surface area contributed by atoms with Crippen molar-refractivity contribution in [1.82, 2.24) is 9.97 Å². The highest BCUT2D eigenvalue weighted by molar-refractivity contribution is 6.30. The third-order valence-corrected chi connectivity index (χ3v) is 3.88. The number of aromatic nitrogens is 2. The summed E-state index contributed by atoms with van der Waals surface area (Å²) in [5.74, 6) is 0.0613. The Balaban J connectivity index is 1.77. The molecule has 2 aromatic carbocycles. The van der Waals surface area contributed by atoms with Gasteiger partial charge in [0.2, 0.25) is 5.95 Å². The van der Waals surface area contributed by atoms with Gasteiger partial charge in [-0.15, -0.1) is 0 Å². The zero-order valence-electron chi connectivity index (χ0n) is 13.9. The van der Waals surface area contributed by atoms with Gasteiger partial charge in [0.25, 0.3) is 5.91 Å². The van der Waals surface area contributed by atoms with Crippen LogP contribution in [0.4, 0.5) is 17.3 Å². The lowest BCUT2D eigenvalue weighted by molar-refractivity contribution is 0.102. The summed E-state index contributed by atoms with van der Waals surface area (Å²) < 4.78 is 0. The average molecular weight is 353 g/mol. The monoisotopic (exact) mass is 352 g/mol. The van der Waals surface area contributed by atoms with Gasteiger partial charge in [0, 0.05) is 22.6 Å². The molecule has 1 heterocycles. The summed E-state index contributed by atoms with van der Waals surface area (Å²) in [6.07, 6.45) is 1.55. The maximum absolute atomic E-state index is 12.4. The van der Waals surface area contributed by atoms with Crippen LogP contribution < -0.4 is 10.6 Å². The first kappa shape index (κ1) is 16.9. The lowest BCUT2D eigenvalue weighted by Gasteiger charge is -2.10. The molecule has 0 saturated heterocycles. The maximum atomic E-state index is 12.4. The van der Waals surface area contributed by atoms with Crippen LogP contribution in [0.15, 0.2) is 54.7 Å². The second kappa shape index (κ2) is 7.32. The van der Waals surface area contributed by atoms with Crippen molar-refractivity contribution in [2.45, 2.75) is 13.8 Å². The van der Waals surface area contributed by atoms with E-state index in [2.05, 4.69) is 20.6 Å². The molecule has 3 rings (SSSR count). The first-order chi connectivity index (χ1) is 12.0. The molecule has 0 aliphatic heterocycles. The molecule has 3 aromatic rings. The number of amides is 1. The van der Waals surface area contributed by atoms with E-state index in [1.807, 2.05) is 32.0 Å². The van der Waals surface area contributed by atoms with E-state index < -0.39 is 0 Å². The van der Waals surface area contributed by atoms with E-state index in [1.165, 1.54) is 0 Å². The third-order valence-electron chi connectivity index (χ3n) is 3.63. The van der Waals surface area contributed by atoms with Gasteiger partial charge in [-0.3, -0.25) is 4.79 Å². The largest absolute Gasteiger partial charge is 0.324 e. The summed E-state index contributed by atoms with van der Waals surface area (Å²) in [6.45, 7) is 4.01. The van der Waals surface area contributed by atoms with E-state index in [4.69, 9.17) is 11.6 Å². The Bertz CT molecular complexity index is 910. The van der Waals surface area contributed by atoms with E-state index in [1.54, 1.807) is 36.5 Å². The van der Waals surface area contributed by atoms with Crippen molar-refractivity contribution >= 4 is 34.8 Å². The second-order valence-corrected chi connectivity index (χ2v) is 6.11. The molecule has 6 heteroatoms. The van der Waals surface area contributed by atoms with Gasteiger partial charge in [-0.05, 0) is 61.4 Å². The Morgan fingerprint density at radius 1 is 1.04 bits per heavy atom. The van der Waals surface area contributed by atoms with Gasteiger partial charge in [0.05, 0.1) is 0 Å². The summed E-state index contributed by atoms with van der Waals surface area (Å²) in [4.78, 5) is 20.8. The van der Waals surface area contributed by atoms with Crippen molar-refractivity contribution in [2.24, 2.45) is 0 Å². The fourth-order valence-electron chi connectivity index (χ4n) is 2.26. The van der Waals surface area contributed by atoms with Crippen LogP contribution in [0.1, 0.15) is 21.6 Å². The highest BCUT2D eigenvalue weighted by Gasteiger charge is 2.10. The van der Waals surface area contributed by atoms with Gasteiger partial charge in [0.1, 0.15) is 5.69 Å². The van der Waals surface area contributed by atoms with E-state index in [9.17, 15) is 4.79 Å². The molecule has 0 saturated carbocycles. The fourth-order valence-corrected chi connectivity index (χ4v) is 2.39. The quantitative estimate of drug-likeness (QED) is 0.711. The Kier molecular flexibility index (Phi) is 4.95. The first-order valence-electron chi connectivity index (χ1n) is 7.75. The van der Waals surface area contributed by atoms with Crippen LogP contribution >= 0.6 is 11.6 Å². The minimum atomic E-state index is -0.311. The van der Waals surface area contributed by atoms with Gasteiger partial charge in [-0.25, -0.2) is 9.97 Å². The third kappa shape index (κ3) is 4.33. The van der Waals surface area contributed by atoms with Gasteiger partial charge in [0.15, 0.2) is 0 Å². The van der Waals surface area contributed by atoms with Crippen LogP contribution in [0, 0.1) is 13.8 Å². The van der Waals surface area contributed by atoms with Crippen LogP contribution in [-0.2, 0) is 0 Å². The van der Waals surface area contributed by atoms with Gasteiger partial charge >= 0.3 is 0 Å². The molecule has 0 bridgehead atoms. The number of nitrogens with one attached hydrogen (secondary N) is 2. The number of nitrogens with zero attached hydrogens (tertiary/aromatic N) is 2. The van der Waals surface area contributed by atoms with Crippen molar-refractivity contribution in [3.63, 3.8) is 0 Å². The molecule has 2 N–H and O–H groups in total. The van der Waals surface area contributed by atoms with E-state index in [0.717, 1.165) is 16.8 Å². The Morgan fingerprint density at radius 3 is 2.56 bits per heavy atom. The number of benzene rings is 2. The number of hydrogen-bond acceptors (Lipinski definition) is 4. The number of carbonyl (C=O) groups excluding carboxylic acids is 1. The molecule has 5 nitrogen and oxygen atoms in total. The molecule has 25 heavy (non-hydrogen) atoms. The number of hydrogen-bond donors (Lipinski definition) is 2. The molecule has 0 spiro atoms. The number of aryl methyl sites for hydroxylation is 2. The van der Waals surface area contributed by atoms with Gasteiger partial charge in [-0.1, -0.05) is 23.7 Å². The predicted octanol–water partition coefficient (Wildman–Crippen LogP) is 4.74. The Labute approximate surface area is 151 Å². The maximum Gasteiger partial charge on any atom is 0.274 e. The summed E-state index contributed by atoms with van der Waals surface area (Å²) in [7, 11) is 0. The van der Waals surface area contributed by atoms with E-state index >= 15 is 0 Å². The summed E-state index contributed by atoms with van der Waals surface area (Å²) in [6, 6.07) is 14.5. The minimum Gasteiger partial charge on any atom is -0.324 e. The van der Waals surface area contributed by atoms with Crippen LogP contribution in [-0.4, -0.2) is 15.9 Å². The van der Waals surface area contributed by atoms with Crippen molar-refractivity contribution in [3.8, 4) is 0 Å². The Morgan fingerprint density at radius 2 is 1.80 bits per heavy atom. The molecule has 0 aliphatic carbocycles. The molecule has 126 valence electrons. The van der Waals surface area contributed by atoms with Crippen molar-refractivity contribution in [3.05, 3.63) is 76.6 Å². The van der Waals surface area contributed by atoms with Gasteiger partial charge in [-0.2, -0.15) is 0 Å². The number of anilines is 3. The van der Waals surface area contributed by atoms with Crippen LogP contribution in [0.25, 0.3) is 0 Å². The topological polar surface area (TPSA) is 66.9 Å². The average Bonchev–Trinajstić information content (AvgIpc) is 2.60. The standard InChI is InChI=1S/C19H17ClN4O/c1-12-3-4-13(2)17(11-12)24-19-21-10-9-16(23-19)18(25)22-15-7-5-14(20)6-8-15/h3-11H,1-2H3,(H,22,25)(H,21,23,24). The van der Waals surface area contributed by atoms with Gasteiger partial charge < -0.3 is 10.6 Å². The summed E-state index contributed by atoms with van der Waals surface area (Å²) >= 11 is 5.85. The highest BCUT2D eigenvalue weighted by atomic mass is 35.5. The molecule has 0 radical (unpaired) electrons. The van der Waals surface area contributed by atoms with Crippen LogP contribution in [0.5, 0.6) is 0 Å². The fraction of sp³-hybridized carbons (Fsp3) is 0.105. The zero-order chi connectivity index (χ0) is 17.8. The van der Waals surface area contributed by atoms with Crippen molar-refractivity contribution in [2.75, 3.05) is 10.6 Å². The van der Waals surface area contributed by atoms with Crippen molar-refractivity contribution < 1.29 is 4.79 Å². The zero-order valence-corrected chi connectivity index (χ0v) is 14.6. The van der Waals surface area contributed by atoms with E-state index in [0.29, 0.717) is 16.7 Å². The number of rotatable bonds is 4. The SMILES string of the molecule is Cc1ccc(C)c(Nc2nccc(C(=O)Nc3ccc(Cl)cc3)n2)c1. The molecule has 1 amide bonds. The molecule has 0 unspecified atom stereocenters. The van der Waals surface area contributed by atoms with E-state index in [-0.39, 0.29) is 11.6 Å². The molecule has 0 atom stereocenters. The molecular formula is C19H17ClN4O. The highest BCUT2D eigenvalue weighted by Crippen LogP contribution is 2.20. The minimum absolute atomic E-state index is 0.276. The smallest absolute Gasteiger partial charge is 0.274 e. The molecule has 0 aliphatic rings. The molecule has 1 aromatic heterocycles. The Hall–Kier alpha value is -2.92. The molecular weight excluding hydrogens is 336 g/mol. The van der Waals surface area contributed by atoms with Crippen molar-refractivity contribution in [1.29, 1.82) is 0 Å². The molecule has 0 fully saturated rings.